The van der Waals surface area contributed by atoms with E-state index in [0.29, 0.717) is 10.7 Å². The van der Waals surface area contributed by atoms with Crippen molar-refractivity contribution in [1.29, 1.82) is 0 Å². The van der Waals surface area contributed by atoms with Gasteiger partial charge in [-0.2, -0.15) is 0 Å². The zero-order valence-corrected chi connectivity index (χ0v) is 11.2. The van der Waals surface area contributed by atoms with E-state index in [1.54, 1.807) is 25.2 Å². The van der Waals surface area contributed by atoms with E-state index in [-0.39, 0.29) is 0 Å². The number of ether oxygens (including phenoxy) is 1. The Hall–Kier alpha value is -1.42. The summed E-state index contributed by atoms with van der Waals surface area (Å²) >= 11 is 5.85. The van der Waals surface area contributed by atoms with Crippen molar-refractivity contribution in [2.24, 2.45) is 0 Å². The molecule has 1 aromatic carbocycles. The molecule has 0 unspecified atom stereocenters. The van der Waals surface area contributed by atoms with Crippen LogP contribution < -0.4 is 10.6 Å². The van der Waals surface area contributed by atoms with Crippen LogP contribution in [0.15, 0.2) is 18.2 Å². The fraction of sp³-hybridized carbons (Fsp3) is 0.417. The standard InChI is InChI=1S/C12H17ClN2O2/c1-12(2,3)17-11(16)15-9-6-5-8(13)7-10(9)14-4/h5-7,14H,1-4H3,(H,15,16). The molecule has 0 bridgehead atoms. The van der Waals surface area contributed by atoms with Crippen molar-refractivity contribution in [3.8, 4) is 0 Å². The van der Waals surface area contributed by atoms with Crippen molar-refractivity contribution >= 4 is 29.1 Å². The second-order valence-electron chi connectivity index (χ2n) is 4.57. The van der Waals surface area contributed by atoms with Crippen molar-refractivity contribution in [3.05, 3.63) is 23.2 Å². The molecular formula is C12H17ClN2O2. The third-order valence-electron chi connectivity index (χ3n) is 1.89. The zero-order chi connectivity index (χ0) is 13.1. The first-order chi connectivity index (χ1) is 7.81. The predicted octanol–water partition coefficient (Wildman–Crippen LogP) is 3.73. The molecule has 0 aliphatic carbocycles. The minimum Gasteiger partial charge on any atom is -0.444 e. The lowest BCUT2D eigenvalue weighted by Crippen LogP contribution is -2.27. The largest absolute Gasteiger partial charge is 0.444 e. The second-order valence-corrected chi connectivity index (χ2v) is 5.00. The number of benzene rings is 1. The number of carbonyl (C=O) groups excluding carboxylic acids is 1. The van der Waals surface area contributed by atoms with Crippen LogP contribution in [0.2, 0.25) is 5.02 Å². The Kier molecular flexibility index (Phi) is 4.23. The molecule has 94 valence electrons. The summed E-state index contributed by atoms with van der Waals surface area (Å²) in [6.07, 6.45) is -0.490. The number of rotatable bonds is 2. The van der Waals surface area contributed by atoms with E-state index < -0.39 is 11.7 Å². The molecule has 17 heavy (non-hydrogen) atoms. The van der Waals surface area contributed by atoms with Gasteiger partial charge in [-0.25, -0.2) is 4.79 Å². The van der Waals surface area contributed by atoms with Crippen LogP contribution in [0.5, 0.6) is 0 Å². The Morgan fingerprint density at radius 2 is 1.94 bits per heavy atom. The number of nitrogens with one attached hydrogen (secondary N) is 2. The SMILES string of the molecule is CNc1cc(Cl)ccc1NC(=O)OC(C)(C)C. The van der Waals surface area contributed by atoms with E-state index in [1.807, 2.05) is 20.8 Å². The quantitative estimate of drug-likeness (QED) is 0.848. The van der Waals surface area contributed by atoms with Crippen LogP contribution in [0.1, 0.15) is 20.8 Å². The molecule has 0 aromatic heterocycles. The highest BCUT2D eigenvalue weighted by atomic mass is 35.5. The van der Waals surface area contributed by atoms with Gasteiger partial charge in [0.1, 0.15) is 5.60 Å². The third kappa shape index (κ3) is 4.53. The van der Waals surface area contributed by atoms with E-state index in [2.05, 4.69) is 10.6 Å². The van der Waals surface area contributed by atoms with Crippen LogP contribution in [0.4, 0.5) is 16.2 Å². The van der Waals surface area contributed by atoms with Gasteiger partial charge in [0.25, 0.3) is 0 Å². The number of anilines is 2. The Morgan fingerprint density at radius 1 is 1.29 bits per heavy atom. The first-order valence-electron chi connectivity index (χ1n) is 5.29. The number of amides is 1. The highest BCUT2D eigenvalue weighted by Crippen LogP contribution is 2.25. The highest BCUT2D eigenvalue weighted by molar-refractivity contribution is 6.31. The molecule has 4 nitrogen and oxygen atoms in total. The molecule has 0 spiro atoms. The summed E-state index contributed by atoms with van der Waals surface area (Å²) in [5, 5.41) is 6.21. The van der Waals surface area contributed by atoms with Crippen LogP contribution in [0, 0.1) is 0 Å². The number of carbonyl (C=O) groups is 1. The monoisotopic (exact) mass is 256 g/mol. The van der Waals surface area contributed by atoms with E-state index in [9.17, 15) is 4.79 Å². The topological polar surface area (TPSA) is 50.4 Å². The van der Waals surface area contributed by atoms with Crippen LogP contribution in [-0.4, -0.2) is 18.7 Å². The molecule has 1 aromatic rings. The van der Waals surface area contributed by atoms with Gasteiger partial charge >= 0.3 is 6.09 Å². The maximum absolute atomic E-state index is 11.6. The molecule has 0 aliphatic heterocycles. The molecule has 0 aliphatic rings. The van der Waals surface area contributed by atoms with Crippen molar-refractivity contribution in [2.45, 2.75) is 26.4 Å². The lowest BCUT2D eigenvalue weighted by molar-refractivity contribution is 0.0636. The summed E-state index contributed by atoms with van der Waals surface area (Å²) in [6.45, 7) is 5.44. The molecule has 0 radical (unpaired) electrons. The Labute approximate surface area is 106 Å². The fourth-order valence-electron chi connectivity index (χ4n) is 1.25. The number of hydrogen-bond donors (Lipinski definition) is 2. The van der Waals surface area contributed by atoms with Gasteiger partial charge in [0.2, 0.25) is 0 Å². The summed E-state index contributed by atoms with van der Waals surface area (Å²) in [5.74, 6) is 0. The molecule has 2 N–H and O–H groups in total. The van der Waals surface area contributed by atoms with Gasteiger partial charge < -0.3 is 10.1 Å². The van der Waals surface area contributed by atoms with Crippen LogP contribution >= 0.6 is 11.6 Å². The zero-order valence-electron chi connectivity index (χ0n) is 10.4. The molecule has 1 amide bonds. The van der Waals surface area contributed by atoms with Crippen molar-refractivity contribution in [1.82, 2.24) is 0 Å². The lowest BCUT2D eigenvalue weighted by atomic mass is 10.2. The minimum absolute atomic E-state index is 0.490. The van der Waals surface area contributed by atoms with Gasteiger partial charge in [0.15, 0.2) is 0 Å². The summed E-state index contributed by atoms with van der Waals surface area (Å²) < 4.78 is 5.16. The van der Waals surface area contributed by atoms with Gasteiger partial charge in [0, 0.05) is 12.1 Å². The van der Waals surface area contributed by atoms with Crippen molar-refractivity contribution < 1.29 is 9.53 Å². The third-order valence-corrected chi connectivity index (χ3v) is 2.12. The average molecular weight is 257 g/mol. The Bertz CT molecular complexity index is 413. The fourth-order valence-corrected chi connectivity index (χ4v) is 1.42. The summed E-state index contributed by atoms with van der Waals surface area (Å²) in [5.41, 5.74) is 0.852. The smallest absolute Gasteiger partial charge is 0.412 e. The van der Waals surface area contributed by atoms with Crippen molar-refractivity contribution in [2.75, 3.05) is 17.7 Å². The summed E-state index contributed by atoms with van der Waals surface area (Å²) in [7, 11) is 1.76. The van der Waals surface area contributed by atoms with E-state index >= 15 is 0 Å². The Balaban J connectivity index is 2.78. The van der Waals surface area contributed by atoms with Gasteiger partial charge in [-0.1, -0.05) is 11.6 Å². The van der Waals surface area contributed by atoms with E-state index in [0.717, 1.165) is 5.69 Å². The minimum atomic E-state index is -0.518. The van der Waals surface area contributed by atoms with Gasteiger partial charge in [0.05, 0.1) is 11.4 Å². The van der Waals surface area contributed by atoms with Crippen LogP contribution in [0.3, 0.4) is 0 Å². The first-order valence-corrected chi connectivity index (χ1v) is 5.67. The lowest BCUT2D eigenvalue weighted by Gasteiger charge is -2.20. The average Bonchev–Trinajstić information content (AvgIpc) is 2.17. The first kappa shape index (κ1) is 13.6. The molecule has 1 rings (SSSR count). The number of halogens is 1. The maximum atomic E-state index is 11.6. The molecule has 0 saturated heterocycles. The Morgan fingerprint density at radius 3 is 2.47 bits per heavy atom. The van der Waals surface area contributed by atoms with Gasteiger partial charge in [-0.05, 0) is 39.0 Å². The number of hydrogen-bond acceptors (Lipinski definition) is 3. The maximum Gasteiger partial charge on any atom is 0.412 e. The van der Waals surface area contributed by atoms with Crippen molar-refractivity contribution in [3.63, 3.8) is 0 Å². The van der Waals surface area contributed by atoms with Crippen LogP contribution in [-0.2, 0) is 4.74 Å². The molecular weight excluding hydrogens is 240 g/mol. The summed E-state index contributed by atoms with van der Waals surface area (Å²) in [6, 6.07) is 5.15. The highest BCUT2D eigenvalue weighted by Gasteiger charge is 2.17. The van der Waals surface area contributed by atoms with Crippen LogP contribution in [0.25, 0.3) is 0 Å². The molecule has 5 heteroatoms. The van der Waals surface area contributed by atoms with Gasteiger partial charge in [-0.15, -0.1) is 0 Å². The molecule has 0 saturated carbocycles. The van der Waals surface area contributed by atoms with E-state index in [1.165, 1.54) is 0 Å². The molecule has 0 atom stereocenters. The van der Waals surface area contributed by atoms with E-state index in [4.69, 9.17) is 16.3 Å². The second kappa shape index (κ2) is 5.27. The molecule has 0 heterocycles. The predicted molar refractivity (Wildman–Crippen MR) is 70.9 cm³/mol. The summed E-state index contributed by atoms with van der Waals surface area (Å²) in [4.78, 5) is 11.6. The molecule has 0 fully saturated rings. The van der Waals surface area contributed by atoms with Gasteiger partial charge in [-0.3, -0.25) is 5.32 Å². The normalized spacial score (nSPS) is 10.9.